The molecule has 0 saturated carbocycles. The van der Waals surface area contributed by atoms with E-state index in [9.17, 15) is 9.59 Å². The van der Waals surface area contributed by atoms with Crippen molar-refractivity contribution in [2.45, 2.75) is 52.2 Å². The molecule has 0 aliphatic rings. The summed E-state index contributed by atoms with van der Waals surface area (Å²) in [6, 6.07) is 21.4. The number of nitrogens with zero attached hydrogens (tertiary/aromatic N) is 4. The molecule has 1 aromatic heterocycles. The molecule has 2 amide bonds. The number of amides is 2. The second-order valence-electron chi connectivity index (χ2n) is 9.66. The first-order chi connectivity index (χ1) is 17.8. The zero-order chi connectivity index (χ0) is 26.6. The first kappa shape index (κ1) is 25.9. The van der Waals surface area contributed by atoms with Gasteiger partial charge in [-0.15, -0.1) is 5.10 Å². The predicted molar refractivity (Wildman–Crippen MR) is 144 cm³/mol. The lowest BCUT2D eigenvalue weighted by Gasteiger charge is -2.35. The molecule has 0 saturated heterocycles. The Bertz CT molecular complexity index is 1410. The molecular formula is C29H33N5O3. The maximum absolute atomic E-state index is 14.2. The van der Waals surface area contributed by atoms with Crippen LogP contribution in [-0.4, -0.2) is 39.5 Å². The van der Waals surface area contributed by atoms with E-state index in [1.807, 2.05) is 88.4 Å². The molecule has 1 atom stereocenters. The highest BCUT2D eigenvalue weighted by atomic mass is 16.5. The van der Waals surface area contributed by atoms with Gasteiger partial charge in [0, 0.05) is 5.54 Å². The molecule has 8 heteroatoms. The highest BCUT2D eigenvalue weighted by Gasteiger charge is 2.37. The van der Waals surface area contributed by atoms with E-state index in [1.165, 1.54) is 4.90 Å². The number of para-hydroxylation sites is 3. The summed E-state index contributed by atoms with van der Waals surface area (Å²) in [5.74, 6) is -0.109. The Balaban J connectivity index is 1.87. The monoisotopic (exact) mass is 499 g/mol. The molecule has 1 heterocycles. The molecule has 1 N–H and O–H groups in total. The summed E-state index contributed by atoms with van der Waals surface area (Å²) in [4.78, 5) is 29.7. The second-order valence-corrected chi connectivity index (χ2v) is 9.66. The Morgan fingerprint density at radius 3 is 2.43 bits per heavy atom. The van der Waals surface area contributed by atoms with Gasteiger partial charge in [0.05, 0.1) is 18.3 Å². The molecule has 3 aromatic carbocycles. The van der Waals surface area contributed by atoms with Gasteiger partial charge in [-0.2, -0.15) is 0 Å². The lowest BCUT2D eigenvalue weighted by atomic mass is 9.95. The number of aryl methyl sites for hydroxylation is 1. The zero-order valence-electron chi connectivity index (χ0n) is 21.9. The highest BCUT2D eigenvalue weighted by Crippen LogP contribution is 2.36. The number of methoxy groups -OCH3 is 1. The molecule has 0 unspecified atom stereocenters. The smallest absolute Gasteiger partial charge is 0.249 e. The topological polar surface area (TPSA) is 89.4 Å². The van der Waals surface area contributed by atoms with Crippen molar-refractivity contribution < 1.29 is 14.3 Å². The molecule has 0 aliphatic carbocycles. The lowest BCUT2D eigenvalue weighted by Crippen LogP contribution is -2.51. The number of aromatic nitrogens is 3. The third kappa shape index (κ3) is 5.48. The van der Waals surface area contributed by atoms with Gasteiger partial charge in [0.25, 0.3) is 0 Å². The number of nitrogens with one attached hydrogen (secondary N) is 1. The fourth-order valence-corrected chi connectivity index (χ4v) is 4.27. The van der Waals surface area contributed by atoms with Crippen molar-refractivity contribution in [1.29, 1.82) is 0 Å². The van der Waals surface area contributed by atoms with Crippen LogP contribution >= 0.6 is 0 Å². The number of carbonyl (C=O) groups excluding carboxylic acids is 2. The first-order valence-corrected chi connectivity index (χ1v) is 12.4. The number of ether oxygens (including phenoxy) is 1. The van der Waals surface area contributed by atoms with Crippen LogP contribution in [0.2, 0.25) is 0 Å². The third-order valence-corrected chi connectivity index (χ3v) is 6.65. The Morgan fingerprint density at radius 2 is 1.70 bits per heavy atom. The van der Waals surface area contributed by atoms with Crippen LogP contribution in [0.4, 0.5) is 5.69 Å². The Hall–Kier alpha value is -4.20. The highest BCUT2D eigenvalue weighted by molar-refractivity contribution is 6.02. The van der Waals surface area contributed by atoms with Crippen molar-refractivity contribution in [3.05, 3.63) is 83.9 Å². The number of carbonyl (C=O) groups is 2. The predicted octanol–water partition coefficient (Wildman–Crippen LogP) is 4.83. The van der Waals surface area contributed by atoms with Crippen LogP contribution in [-0.2, 0) is 16.1 Å². The van der Waals surface area contributed by atoms with Gasteiger partial charge in [-0.05, 0) is 62.6 Å². The summed E-state index contributed by atoms with van der Waals surface area (Å²) in [5, 5.41) is 11.6. The van der Waals surface area contributed by atoms with Crippen LogP contribution in [0.5, 0.6) is 5.75 Å². The number of hydrogen-bond acceptors (Lipinski definition) is 5. The number of fused-ring (bicyclic) bond motifs is 1. The summed E-state index contributed by atoms with van der Waals surface area (Å²) >= 11 is 0. The zero-order valence-corrected chi connectivity index (χ0v) is 21.9. The molecule has 0 aliphatic heterocycles. The van der Waals surface area contributed by atoms with E-state index in [1.54, 1.807) is 23.9 Å². The average molecular weight is 500 g/mol. The van der Waals surface area contributed by atoms with Gasteiger partial charge >= 0.3 is 0 Å². The van der Waals surface area contributed by atoms with Crippen LogP contribution in [0.15, 0.2) is 72.8 Å². The Kier molecular flexibility index (Phi) is 7.57. The fraction of sp³-hybridized carbons (Fsp3) is 0.310. The Morgan fingerprint density at radius 1 is 1.03 bits per heavy atom. The van der Waals surface area contributed by atoms with E-state index in [2.05, 4.69) is 15.6 Å². The summed E-state index contributed by atoms with van der Waals surface area (Å²) in [5.41, 5.74) is 3.09. The first-order valence-electron chi connectivity index (χ1n) is 12.4. The van der Waals surface area contributed by atoms with Gasteiger partial charge in [0.1, 0.15) is 23.9 Å². The SMILES string of the molecule is CCC(C)(C)NC(=O)[C@@H](c1ccccc1C)N(C(=O)Cn1nnc2ccccc21)c1ccccc1OC. The molecule has 4 aromatic rings. The second kappa shape index (κ2) is 10.8. The maximum Gasteiger partial charge on any atom is 0.249 e. The average Bonchev–Trinajstić information content (AvgIpc) is 3.30. The van der Waals surface area contributed by atoms with Gasteiger partial charge in [0.2, 0.25) is 11.8 Å². The van der Waals surface area contributed by atoms with Gasteiger partial charge in [-0.25, -0.2) is 4.68 Å². The minimum Gasteiger partial charge on any atom is -0.495 e. The standard InChI is InChI=1S/C29H33N5O3/c1-6-29(3,4)30-28(36)27(21-14-8-7-13-20(21)2)34(24-17-11-12-18-25(24)37-5)26(35)19-33-23-16-10-9-15-22(23)31-32-33/h7-18,27H,6,19H2,1-5H3,(H,30,36)/t27-/m1/s1. The summed E-state index contributed by atoms with van der Waals surface area (Å²) in [7, 11) is 1.55. The van der Waals surface area contributed by atoms with Crippen LogP contribution < -0.4 is 15.0 Å². The van der Waals surface area contributed by atoms with Crippen LogP contribution in [0, 0.1) is 6.92 Å². The van der Waals surface area contributed by atoms with Gasteiger partial charge in [-0.1, -0.05) is 60.7 Å². The van der Waals surface area contributed by atoms with Crippen molar-refractivity contribution in [2.24, 2.45) is 0 Å². The van der Waals surface area contributed by atoms with E-state index in [4.69, 9.17) is 4.74 Å². The maximum atomic E-state index is 14.2. The minimum absolute atomic E-state index is 0.106. The van der Waals surface area contributed by atoms with Crippen LogP contribution in [0.1, 0.15) is 44.4 Å². The molecule has 4 rings (SSSR count). The molecule has 192 valence electrons. The van der Waals surface area contributed by atoms with E-state index < -0.39 is 11.6 Å². The molecule has 0 spiro atoms. The van der Waals surface area contributed by atoms with E-state index in [0.29, 0.717) is 17.0 Å². The largest absolute Gasteiger partial charge is 0.495 e. The van der Waals surface area contributed by atoms with Gasteiger partial charge in [0.15, 0.2) is 0 Å². The van der Waals surface area contributed by atoms with Crippen molar-refractivity contribution in [3.63, 3.8) is 0 Å². The lowest BCUT2D eigenvalue weighted by molar-refractivity contribution is -0.128. The van der Waals surface area contributed by atoms with Crippen molar-refractivity contribution in [3.8, 4) is 5.75 Å². The Labute approximate surface area is 217 Å². The van der Waals surface area contributed by atoms with E-state index >= 15 is 0 Å². The molecule has 0 radical (unpaired) electrons. The van der Waals surface area contributed by atoms with Gasteiger partial charge < -0.3 is 10.1 Å². The molecule has 0 bridgehead atoms. The summed E-state index contributed by atoms with van der Waals surface area (Å²) in [6.07, 6.45) is 0.729. The van der Waals surface area contributed by atoms with Crippen molar-refractivity contribution in [2.75, 3.05) is 12.0 Å². The molecule has 37 heavy (non-hydrogen) atoms. The number of benzene rings is 3. The number of anilines is 1. The normalized spacial score (nSPS) is 12.2. The van der Waals surface area contributed by atoms with E-state index in [0.717, 1.165) is 23.1 Å². The number of hydrogen-bond donors (Lipinski definition) is 1. The summed E-state index contributed by atoms with van der Waals surface area (Å²) in [6.45, 7) is 7.79. The fourth-order valence-electron chi connectivity index (χ4n) is 4.27. The molecule has 0 fully saturated rings. The van der Waals surface area contributed by atoms with Gasteiger partial charge in [-0.3, -0.25) is 14.5 Å². The van der Waals surface area contributed by atoms with E-state index in [-0.39, 0.29) is 18.4 Å². The van der Waals surface area contributed by atoms with Crippen molar-refractivity contribution >= 4 is 28.5 Å². The third-order valence-electron chi connectivity index (χ3n) is 6.65. The van der Waals surface area contributed by atoms with Crippen molar-refractivity contribution in [1.82, 2.24) is 20.3 Å². The quantitative estimate of drug-likeness (QED) is 0.356. The minimum atomic E-state index is -0.939. The number of rotatable bonds is 9. The van der Waals surface area contributed by atoms with Crippen LogP contribution in [0.25, 0.3) is 11.0 Å². The summed E-state index contributed by atoms with van der Waals surface area (Å²) < 4.78 is 7.20. The van der Waals surface area contributed by atoms with Crippen LogP contribution in [0.3, 0.4) is 0 Å². The molecule has 8 nitrogen and oxygen atoms in total. The molecular weight excluding hydrogens is 466 g/mol.